The van der Waals surface area contributed by atoms with E-state index >= 15 is 0 Å². The lowest BCUT2D eigenvalue weighted by Gasteiger charge is -2.22. The van der Waals surface area contributed by atoms with Gasteiger partial charge in [0.15, 0.2) is 5.75 Å². The maximum absolute atomic E-state index is 5.77. The van der Waals surface area contributed by atoms with Gasteiger partial charge in [-0.05, 0) is 31.6 Å². The Hall–Kier alpha value is -1.07. The molecule has 1 aliphatic carbocycles. The minimum atomic E-state index is 0.0971. The lowest BCUT2D eigenvalue weighted by Crippen LogP contribution is -2.33. The van der Waals surface area contributed by atoms with Crippen molar-refractivity contribution in [1.82, 2.24) is 15.2 Å². The molecule has 1 fully saturated rings. The number of aromatic nitrogens is 2. The van der Waals surface area contributed by atoms with Gasteiger partial charge in [-0.2, -0.15) is 5.10 Å². The van der Waals surface area contributed by atoms with Crippen LogP contribution in [0.5, 0.6) is 5.75 Å². The highest BCUT2D eigenvalue weighted by molar-refractivity contribution is 5.31. The molecule has 0 aromatic carbocycles. The summed E-state index contributed by atoms with van der Waals surface area (Å²) in [6.45, 7) is 8.76. The Morgan fingerprint density at radius 1 is 1.56 bits per heavy atom. The van der Waals surface area contributed by atoms with Gasteiger partial charge >= 0.3 is 0 Å². The van der Waals surface area contributed by atoms with E-state index in [0.29, 0.717) is 17.4 Å². The van der Waals surface area contributed by atoms with E-state index in [0.717, 1.165) is 11.4 Å². The first-order valence-corrected chi connectivity index (χ1v) is 6.50. The standard InChI is InChI=1S/C13H24N4O/c1-8(2)17-12(10(18-5)7-15-17)11(16-14)9-6-13(9,3)4/h7-9,11,16H,6,14H2,1-5H3. The molecule has 0 radical (unpaired) electrons. The number of hydrazine groups is 1. The van der Waals surface area contributed by atoms with E-state index in [1.165, 1.54) is 6.42 Å². The fraction of sp³-hybridized carbons (Fsp3) is 0.769. The molecule has 0 spiro atoms. The summed E-state index contributed by atoms with van der Waals surface area (Å²) in [4.78, 5) is 0. The second-order valence-corrected chi connectivity index (χ2v) is 6.08. The van der Waals surface area contributed by atoms with Crippen LogP contribution in [0.4, 0.5) is 0 Å². The van der Waals surface area contributed by atoms with Crippen molar-refractivity contribution < 1.29 is 4.74 Å². The van der Waals surface area contributed by atoms with E-state index in [-0.39, 0.29) is 6.04 Å². The Morgan fingerprint density at radius 3 is 2.56 bits per heavy atom. The second-order valence-electron chi connectivity index (χ2n) is 6.08. The Morgan fingerprint density at radius 2 is 2.17 bits per heavy atom. The maximum Gasteiger partial charge on any atom is 0.161 e. The molecule has 1 aromatic heterocycles. The Labute approximate surface area is 109 Å². The molecule has 1 aromatic rings. The van der Waals surface area contributed by atoms with Crippen LogP contribution in [0.2, 0.25) is 0 Å². The van der Waals surface area contributed by atoms with Gasteiger partial charge in [-0.15, -0.1) is 0 Å². The summed E-state index contributed by atoms with van der Waals surface area (Å²) in [6, 6.07) is 0.390. The third-order valence-corrected chi connectivity index (χ3v) is 3.97. The van der Waals surface area contributed by atoms with Gasteiger partial charge in [0.05, 0.1) is 25.0 Å². The highest BCUT2D eigenvalue weighted by atomic mass is 16.5. The van der Waals surface area contributed by atoms with E-state index < -0.39 is 0 Å². The molecule has 2 atom stereocenters. The highest BCUT2D eigenvalue weighted by Crippen LogP contribution is 2.58. The number of hydrogen-bond donors (Lipinski definition) is 2. The molecule has 2 rings (SSSR count). The minimum absolute atomic E-state index is 0.0971. The molecule has 2 unspecified atom stereocenters. The van der Waals surface area contributed by atoms with Crippen LogP contribution in [0.3, 0.4) is 0 Å². The van der Waals surface area contributed by atoms with E-state index in [9.17, 15) is 0 Å². The summed E-state index contributed by atoms with van der Waals surface area (Å²) in [5.41, 5.74) is 4.35. The summed E-state index contributed by atoms with van der Waals surface area (Å²) >= 11 is 0. The number of hydrogen-bond acceptors (Lipinski definition) is 4. The minimum Gasteiger partial charge on any atom is -0.493 e. The average Bonchev–Trinajstić information content (AvgIpc) is 2.77. The fourth-order valence-corrected chi connectivity index (χ4v) is 2.68. The zero-order valence-electron chi connectivity index (χ0n) is 11.9. The lowest BCUT2D eigenvalue weighted by atomic mass is 10.0. The second kappa shape index (κ2) is 4.55. The molecule has 0 bridgehead atoms. The van der Waals surface area contributed by atoms with Crippen LogP contribution >= 0.6 is 0 Å². The summed E-state index contributed by atoms with van der Waals surface area (Å²) in [7, 11) is 1.68. The van der Waals surface area contributed by atoms with Crippen molar-refractivity contribution in [2.45, 2.75) is 46.2 Å². The van der Waals surface area contributed by atoms with Gasteiger partial charge < -0.3 is 4.74 Å². The number of rotatable bonds is 5. The molecule has 18 heavy (non-hydrogen) atoms. The number of nitrogens with two attached hydrogens (primary N) is 1. The monoisotopic (exact) mass is 252 g/mol. The van der Waals surface area contributed by atoms with Crippen molar-refractivity contribution in [3.63, 3.8) is 0 Å². The topological polar surface area (TPSA) is 65.1 Å². The van der Waals surface area contributed by atoms with E-state index in [4.69, 9.17) is 10.6 Å². The van der Waals surface area contributed by atoms with Crippen molar-refractivity contribution >= 4 is 0 Å². The molecule has 3 N–H and O–H groups in total. The Balaban J connectivity index is 2.38. The number of nitrogens with one attached hydrogen (secondary N) is 1. The fourth-order valence-electron chi connectivity index (χ4n) is 2.68. The van der Waals surface area contributed by atoms with Crippen molar-refractivity contribution in [2.24, 2.45) is 17.2 Å². The van der Waals surface area contributed by atoms with Crippen molar-refractivity contribution in [3.8, 4) is 5.75 Å². The van der Waals surface area contributed by atoms with E-state index in [1.54, 1.807) is 13.3 Å². The molecule has 1 heterocycles. The van der Waals surface area contributed by atoms with Crippen molar-refractivity contribution in [1.29, 1.82) is 0 Å². The van der Waals surface area contributed by atoms with Crippen LogP contribution in [0.1, 0.15) is 51.9 Å². The lowest BCUT2D eigenvalue weighted by molar-refractivity contribution is 0.353. The van der Waals surface area contributed by atoms with Crippen molar-refractivity contribution in [3.05, 3.63) is 11.9 Å². The van der Waals surface area contributed by atoms with Crippen LogP contribution in [-0.4, -0.2) is 16.9 Å². The van der Waals surface area contributed by atoms with Crippen LogP contribution in [0, 0.1) is 11.3 Å². The van der Waals surface area contributed by atoms with Crippen LogP contribution in [0.15, 0.2) is 6.20 Å². The molecule has 0 amide bonds. The van der Waals surface area contributed by atoms with Gasteiger partial charge in [-0.3, -0.25) is 16.0 Å². The van der Waals surface area contributed by atoms with Gasteiger partial charge in [0.1, 0.15) is 0 Å². The summed E-state index contributed by atoms with van der Waals surface area (Å²) in [5.74, 6) is 7.12. The summed E-state index contributed by atoms with van der Waals surface area (Å²) < 4.78 is 7.42. The van der Waals surface area contributed by atoms with Crippen LogP contribution < -0.4 is 16.0 Å². The third kappa shape index (κ3) is 2.12. The first-order valence-electron chi connectivity index (χ1n) is 6.50. The molecule has 1 aliphatic rings. The molecule has 0 aliphatic heterocycles. The van der Waals surface area contributed by atoms with Gasteiger partial charge in [0.25, 0.3) is 0 Å². The zero-order valence-corrected chi connectivity index (χ0v) is 11.9. The molecule has 1 saturated carbocycles. The van der Waals surface area contributed by atoms with Crippen LogP contribution in [0.25, 0.3) is 0 Å². The SMILES string of the molecule is COc1cnn(C(C)C)c1C(NN)C1CC1(C)C. The smallest absolute Gasteiger partial charge is 0.161 e. The first-order chi connectivity index (χ1) is 8.42. The number of methoxy groups -OCH3 is 1. The third-order valence-electron chi connectivity index (χ3n) is 3.97. The van der Waals surface area contributed by atoms with Gasteiger partial charge in [0.2, 0.25) is 0 Å². The molecule has 102 valence electrons. The molecule has 5 nitrogen and oxygen atoms in total. The number of nitrogens with zero attached hydrogens (tertiary/aromatic N) is 2. The van der Waals surface area contributed by atoms with E-state index in [2.05, 4.69) is 38.2 Å². The molecule has 5 heteroatoms. The molecule has 0 saturated heterocycles. The summed E-state index contributed by atoms with van der Waals surface area (Å²) in [6.07, 6.45) is 2.95. The summed E-state index contributed by atoms with van der Waals surface area (Å²) in [5, 5.41) is 4.41. The predicted octanol–water partition coefficient (Wildman–Crippen LogP) is 2.02. The largest absolute Gasteiger partial charge is 0.493 e. The predicted molar refractivity (Wildman–Crippen MR) is 71.1 cm³/mol. The Kier molecular flexibility index (Phi) is 3.38. The maximum atomic E-state index is 5.77. The zero-order chi connectivity index (χ0) is 13.5. The van der Waals surface area contributed by atoms with E-state index in [1.807, 2.05) is 4.68 Å². The highest BCUT2D eigenvalue weighted by Gasteiger charge is 2.51. The average molecular weight is 252 g/mol. The molecular formula is C13H24N4O. The molecular weight excluding hydrogens is 228 g/mol. The first kappa shape index (κ1) is 13.4. The quantitative estimate of drug-likeness (QED) is 0.621. The van der Waals surface area contributed by atoms with Gasteiger partial charge in [-0.1, -0.05) is 13.8 Å². The Bertz CT molecular complexity index is 425. The van der Waals surface area contributed by atoms with Crippen molar-refractivity contribution in [2.75, 3.05) is 7.11 Å². The van der Waals surface area contributed by atoms with Crippen LogP contribution in [-0.2, 0) is 0 Å². The number of ether oxygens (including phenoxy) is 1. The normalized spacial score (nSPS) is 23.2. The van der Waals surface area contributed by atoms with Gasteiger partial charge in [0, 0.05) is 6.04 Å². The van der Waals surface area contributed by atoms with Gasteiger partial charge in [-0.25, -0.2) is 0 Å².